The van der Waals surface area contributed by atoms with Gasteiger partial charge in [-0.05, 0) is 19.1 Å². The first-order chi connectivity index (χ1) is 8.93. The quantitative estimate of drug-likeness (QED) is 0.640. The Morgan fingerprint density at radius 2 is 2.11 bits per heavy atom. The van der Waals surface area contributed by atoms with Crippen LogP contribution in [-0.4, -0.2) is 36.5 Å². The van der Waals surface area contributed by atoms with Gasteiger partial charge in [0, 0.05) is 18.8 Å². The highest BCUT2D eigenvalue weighted by atomic mass is 32.1. The third kappa shape index (κ3) is 4.80. The van der Waals surface area contributed by atoms with Crippen LogP contribution < -0.4 is 10.1 Å². The van der Waals surface area contributed by atoms with E-state index >= 15 is 0 Å². The number of ether oxygens (including phenoxy) is 1. The van der Waals surface area contributed by atoms with Crippen LogP contribution in [0.4, 0.5) is 10.5 Å². The van der Waals surface area contributed by atoms with Gasteiger partial charge < -0.3 is 10.1 Å². The van der Waals surface area contributed by atoms with Gasteiger partial charge in [0.2, 0.25) is 5.12 Å². The molecule has 19 heavy (non-hydrogen) atoms. The number of hydrogen-bond donors (Lipinski definition) is 2. The molecule has 1 rings (SSSR count). The second kappa shape index (κ2) is 7.01. The lowest BCUT2D eigenvalue weighted by molar-refractivity contribution is -0.116. The molecule has 1 aromatic carbocycles. The summed E-state index contributed by atoms with van der Waals surface area (Å²) in [6.45, 7) is 1.60. The summed E-state index contributed by atoms with van der Waals surface area (Å²) >= 11 is 3.69. The first kappa shape index (κ1) is 15.3. The Kier molecular flexibility index (Phi) is 5.65. The molecule has 0 fully saturated rings. The van der Waals surface area contributed by atoms with Gasteiger partial charge in [0.05, 0.1) is 7.11 Å². The van der Waals surface area contributed by atoms with Crippen molar-refractivity contribution in [3.05, 3.63) is 24.3 Å². The van der Waals surface area contributed by atoms with Gasteiger partial charge in [0.15, 0.2) is 6.10 Å². The smallest absolute Gasteiger partial charge is 0.345 e. The van der Waals surface area contributed by atoms with E-state index in [0.29, 0.717) is 11.4 Å². The number of nitrogens with one attached hydrogen (secondary N) is 1. The van der Waals surface area contributed by atoms with Crippen LogP contribution in [0, 0.1) is 0 Å². The number of rotatable bonds is 5. The molecule has 0 saturated heterocycles. The largest absolute Gasteiger partial charge is 0.482 e. The number of urea groups is 1. The first-order valence-electron chi connectivity index (χ1n) is 5.52. The van der Waals surface area contributed by atoms with E-state index in [9.17, 15) is 9.59 Å². The lowest BCUT2D eigenvalue weighted by Gasteiger charge is -2.16. The number of benzene rings is 1. The van der Waals surface area contributed by atoms with E-state index in [1.165, 1.54) is 14.2 Å². The molecule has 7 heteroatoms. The lowest BCUT2D eigenvalue weighted by Crippen LogP contribution is -2.30. The number of amides is 2. The zero-order chi connectivity index (χ0) is 14.4. The van der Waals surface area contributed by atoms with Crippen LogP contribution in [0.1, 0.15) is 6.92 Å². The number of carbonyl (C=O) groups is 2. The summed E-state index contributed by atoms with van der Waals surface area (Å²) in [5, 5.41) is 3.30. The third-order valence-corrected chi connectivity index (χ3v) is 2.67. The van der Waals surface area contributed by atoms with Gasteiger partial charge in [-0.15, -0.1) is 12.6 Å². The number of hydrogen-bond acceptors (Lipinski definition) is 4. The highest BCUT2D eigenvalue weighted by Crippen LogP contribution is 2.19. The van der Waals surface area contributed by atoms with E-state index < -0.39 is 12.1 Å². The van der Waals surface area contributed by atoms with Crippen LogP contribution in [0.25, 0.3) is 0 Å². The topological polar surface area (TPSA) is 67.9 Å². The molecule has 0 saturated carbocycles. The molecular weight excluding hydrogens is 268 g/mol. The molecule has 0 radical (unpaired) electrons. The molecule has 1 N–H and O–H groups in total. The van der Waals surface area contributed by atoms with Crippen molar-refractivity contribution in [1.82, 2.24) is 5.06 Å². The second-order valence-electron chi connectivity index (χ2n) is 3.74. The summed E-state index contributed by atoms with van der Waals surface area (Å²) in [4.78, 5) is 27.3. The molecule has 0 spiro atoms. The normalized spacial score (nSPS) is 11.6. The van der Waals surface area contributed by atoms with Gasteiger partial charge in [0.1, 0.15) is 5.75 Å². The summed E-state index contributed by atoms with van der Waals surface area (Å²) in [6.07, 6.45) is -0.657. The Morgan fingerprint density at radius 3 is 2.68 bits per heavy atom. The number of carbonyl (C=O) groups excluding carboxylic acids is 2. The maximum Gasteiger partial charge on any atom is 0.345 e. The van der Waals surface area contributed by atoms with E-state index in [0.717, 1.165) is 5.06 Å². The minimum Gasteiger partial charge on any atom is -0.482 e. The molecule has 1 aromatic rings. The van der Waals surface area contributed by atoms with Crippen molar-refractivity contribution in [3.8, 4) is 5.75 Å². The van der Waals surface area contributed by atoms with Crippen molar-refractivity contribution in [3.63, 3.8) is 0 Å². The molecule has 0 aliphatic rings. The Morgan fingerprint density at radius 1 is 1.42 bits per heavy atom. The number of hydroxylamine groups is 2. The van der Waals surface area contributed by atoms with E-state index in [4.69, 9.17) is 9.57 Å². The predicted molar refractivity (Wildman–Crippen MR) is 74.3 cm³/mol. The molecule has 1 atom stereocenters. The molecule has 0 bridgehead atoms. The SMILES string of the molecule is CON(C)C(=O)Nc1cccc(OC(C)C(=O)S)c1. The predicted octanol–water partition coefficient (Wildman–Crippen LogP) is 1.94. The Hall–Kier alpha value is -1.73. The molecule has 0 heterocycles. The average molecular weight is 284 g/mol. The van der Waals surface area contributed by atoms with E-state index in [2.05, 4.69) is 17.9 Å². The van der Waals surface area contributed by atoms with Crippen molar-refractivity contribution in [1.29, 1.82) is 0 Å². The Balaban J connectivity index is 2.72. The first-order valence-corrected chi connectivity index (χ1v) is 5.97. The standard InChI is InChI=1S/C12H16N2O4S/c1-8(11(15)19)18-10-6-4-5-9(7-10)13-12(16)14(2)17-3/h4-8H,1-3H3,(H,13,16)(H,15,19). The summed E-state index contributed by atoms with van der Waals surface area (Å²) in [6, 6.07) is 6.27. The van der Waals surface area contributed by atoms with E-state index in [1.807, 2.05) is 0 Å². The van der Waals surface area contributed by atoms with Crippen molar-refractivity contribution >= 4 is 29.5 Å². The molecular formula is C12H16N2O4S. The van der Waals surface area contributed by atoms with Crippen molar-refractivity contribution in [2.45, 2.75) is 13.0 Å². The maximum absolute atomic E-state index is 11.6. The summed E-state index contributed by atoms with van der Waals surface area (Å²) < 4.78 is 5.36. The summed E-state index contributed by atoms with van der Waals surface area (Å²) in [7, 11) is 2.87. The zero-order valence-corrected chi connectivity index (χ0v) is 11.8. The molecule has 2 amide bonds. The maximum atomic E-state index is 11.6. The fraction of sp³-hybridized carbons (Fsp3) is 0.333. The molecule has 0 aromatic heterocycles. The summed E-state index contributed by atoms with van der Waals surface area (Å²) in [5.41, 5.74) is 0.533. The molecule has 1 unspecified atom stereocenters. The van der Waals surface area contributed by atoms with Gasteiger partial charge in [-0.3, -0.25) is 9.63 Å². The minimum atomic E-state index is -0.657. The van der Waals surface area contributed by atoms with Crippen molar-refractivity contribution < 1.29 is 19.2 Å². The van der Waals surface area contributed by atoms with Crippen LogP contribution in [0.2, 0.25) is 0 Å². The fourth-order valence-corrected chi connectivity index (χ4v) is 1.24. The second-order valence-corrected chi connectivity index (χ2v) is 4.18. The highest BCUT2D eigenvalue weighted by Gasteiger charge is 2.11. The Bertz CT molecular complexity index is 467. The third-order valence-electron chi connectivity index (χ3n) is 2.31. The number of thiol groups is 1. The monoisotopic (exact) mass is 284 g/mol. The van der Waals surface area contributed by atoms with Crippen LogP contribution >= 0.6 is 12.6 Å². The van der Waals surface area contributed by atoms with Crippen molar-refractivity contribution in [2.75, 3.05) is 19.5 Å². The van der Waals surface area contributed by atoms with Crippen LogP contribution in [0.15, 0.2) is 24.3 Å². The van der Waals surface area contributed by atoms with Crippen LogP contribution in [-0.2, 0) is 9.63 Å². The fourth-order valence-electron chi connectivity index (χ4n) is 1.19. The molecule has 104 valence electrons. The van der Waals surface area contributed by atoms with Gasteiger partial charge >= 0.3 is 6.03 Å². The summed E-state index contributed by atoms with van der Waals surface area (Å²) in [5.74, 6) is 0.466. The minimum absolute atomic E-state index is 0.367. The average Bonchev–Trinajstić information content (AvgIpc) is 2.37. The van der Waals surface area contributed by atoms with Gasteiger partial charge in [-0.2, -0.15) is 0 Å². The lowest BCUT2D eigenvalue weighted by atomic mass is 10.3. The van der Waals surface area contributed by atoms with Crippen molar-refractivity contribution in [2.24, 2.45) is 0 Å². The highest BCUT2D eigenvalue weighted by molar-refractivity contribution is 7.96. The van der Waals surface area contributed by atoms with Gasteiger partial charge in [0.25, 0.3) is 0 Å². The molecule has 0 aliphatic carbocycles. The Labute approximate surface area is 117 Å². The van der Waals surface area contributed by atoms with Gasteiger partial charge in [-0.25, -0.2) is 9.86 Å². The van der Waals surface area contributed by atoms with Crippen LogP contribution in [0.5, 0.6) is 5.75 Å². The molecule has 0 aliphatic heterocycles. The zero-order valence-electron chi connectivity index (χ0n) is 10.9. The van der Waals surface area contributed by atoms with E-state index in [-0.39, 0.29) is 5.12 Å². The van der Waals surface area contributed by atoms with E-state index in [1.54, 1.807) is 31.2 Å². The van der Waals surface area contributed by atoms with Crippen LogP contribution in [0.3, 0.4) is 0 Å². The van der Waals surface area contributed by atoms with Gasteiger partial charge in [-0.1, -0.05) is 6.07 Å². The number of nitrogens with zero attached hydrogens (tertiary/aromatic N) is 1. The molecule has 6 nitrogen and oxygen atoms in total. The number of anilines is 1.